The van der Waals surface area contributed by atoms with E-state index in [-0.39, 0.29) is 0 Å². The van der Waals surface area contributed by atoms with Gasteiger partial charge < -0.3 is 5.73 Å². The maximum atomic E-state index is 6.77. The second-order valence-corrected chi connectivity index (χ2v) is 5.92. The van der Waals surface area contributed by atoms with E-state index in [0.29, 0.717) is 0 Å². The molecule has 0 bridgehead atoms. The predicted molar refractivity (Wildman–Crippen MR) is 88.3 cm³/mol. The van der Waals surface area contributed by atoms with Crippen LogP contribution in [0, 0.1) is 13.8 Å². The van der Waals surface area contributed by atoms with Crippen molar-refractivity contribution in [3.8, 4) is 0 Å². The first-order chi connectivity index (χ1) is 10.00. The van der Waals surface area contributed by atoms with Crippen molar-refractivity contribution >= 4 is 10.8 Å². The number of hydrogen-bond donors (Lipinski definition) is 1. The fraction of sp³-hybridized carbons (Fsp3) is 0.211. The summed E-state index contributed by atoms with van der Waals surface area (Å²) in [5.74, 6) is 0. The number of fused-ring (bicyclic) bond motifs is 1. The van der Waals surface area contributed by atoms with Crippen LogP contribution in [0.15, 0.2) is 54.9 Å². The van der Waals surface area contributed by atoms with E-state index in [0.717, 1.165) is 10.9 Å². The van der Waals surface area contributed by atoms with Gasteiger partial charge in [0.25, 0.3) is 0 Å². The summed E-state index contributed by atoms with van der Waals surface area (Å²) in [6.07, 6.45) is 3.72. The molecule has 1 heterocycles. The molecule has 0 aliphatic carbocycles. The van der Waals surface area contributed by atoms with Crippen molar-refractivity contribution in [2.24, 2.45) is 5.73 Å². The number of aryl methyl sites for hydroxylation is 2. The minimum atomic E-state index is -0.543. The van der Waals surface area contributed by atoms with Crippen LogP contribution >= 0.6 is 0 Å². The van der Waals surface area contributed by atoms with E-state index in [1.54, 1.807) is 0 Å². The largest absolute Gasteiger partial charge is 0.318 e. The van der Waals surface area contributed by atoms with Crippen LogP contribution < -0.4 is 5.73 Å². The smallest absolute Gasteiger partial charge is 0.0646 e. The van der Waals surface area contributed by atoms with E-state index in [1.165, 1.54) is 22.1 Å². The highest BCUT2D eigenvalue weighted by Gasteiger charge is 2.27. The molecule has 1 unspecified atom stereocenters. The second-order valence-electron chi connectivity index (χ2n) is 5.92. The van der Waals surface area contributed by atoms with Crippen molar-refractivity contribution in [3.63, 3.8) is 0 Å². The van der Waals surface area contributed by atoms with Gasteiger partial charge in [0.05, 0.1) is 5.54 Å². The van der Waals surface area contributed by atoms with Gasteiger partial charge in [-0.15, -0.1) is 0 Å². The van der Waals surface area contributed by atoms with Gasteiger partial charge in [0, 0.05) is 17.8 Å². The lowest BCUT2D eigenvalue weighted by atomic mass is 9.81. The summed E-state index contributed by atoms with van der Waals surface area (Å²) in [4.78, 5) is 4.27. The molecule has 0 aliphatic rings. The molecule has 3 aromatic rings. The molecule has 21 heavy (non-hydrogen) atoms. The van der Waals surface area contributed by atoms with Crippen LogP contribution in [-0.2, 0) is 5.54 Å². The molecule has 2 aromatic carbocycles. The lowest BCUT2D eigenvalue weighted by molar-refractivity contribution is 0.604. The third-order valence-electron chi connectivity index (χ3n) is 4.20. The average molecular weight is 276 g/mol. The van der Waals surface area contributed by atoms with Crippen LogP contribution in [0.3, 0.4) is 0 Å². The predicted octanol–water partition coefficient (Wildman–Crippen LogP) is 4.07. The van der Waals surface area contributed by atoms with Crippen LogP contribution in [0.4, 0.5) is 0 Å². The summed E-state index contributed by atoms with van der Waals surface area (Å²) in [5.41, 5.74) is 10.9. The Morgan fingerprint density at radius 1 is 1.00 bits per heavy atom. The summed E-state index contributed by atoms with van der Waals surface area (Å²) in [5, 5.41) is 2.29. The minimum absolute atomic E-state index is 0.543. The van der Waals surface area contributed by atoms with Crippen LogP contribution in [0.25, 0.3) is 10.8 Å². The summed E-state index contributed by atoms with van der Waals surface area (Å²) in [6.45, 7) is 6.30. The lowest BCUT2D eigenvalue weighted by Gasteiger charge is -2.29. The zero-order valence-corrected chi connectivity index (χ0v) is 12.7. The Kier molecular flexibility index (Phi) is 3.26. The van der Waals surface area contributed by atoms with E-state index in [1.807, 2.05) is 18.5 Å². The summed E-state index contributed by atoms with van der Waals surface area (Å²) in [7, 11) is 0. The molecule has 1 aromatic heterocycles. The SMILES string of the molecule is Cc1ccc(C)c(C(C)(N)c2cccc3ccncc23)c1. The summed E-state index contributed by atoms with van der Waals surface area (Å²) >= 11 is 0. The molecule has 0 amide bonds. The van der Waals surface area contributed by atoms with Crippen molar-refractivity contribution < 1.29 is 0 Å². The van der Waals surface area contributed by atoms with Gasteiger partial charge in [-0.3, -0.25) is 4.98 Å². The maximum Gasteiger partial charge on any atom is 0.0646 e. The molecule has 3 rings (SSSR count). The molecular formula is C19H20N2. The number of rotatable bonds is 2. The van der Waals surface area contributed by atoms with E-state index < -0.39 is 5.54 Å². The van der Waals surface area contributed by atoms with Crippen molar-refractivity contribution in [3.05, 3.63) is 77.1 Å². The molecule has 2 N–H and O–H groups in total. The first kappa shape index (κ1) is 13.8. The molecule has 0 fully saturated rings. The minimum Gasteiger partial charge on any atom is -0.318 e. The fourth-order valence-electron chi connectivity index (χ4n) is 3.01. The molecular weight excluding hydrogens is 256 g/mol. The maximum absolute atomic E-state index is 6.77. The summed E-state index contributed by atoms with van der Waals surface area (Å²) in [6, 6.07) is 14.7. The van der Waals surface area contributed by atoms with Crippen LogP contribution in [0.2, 0.25) is 0 Å². The van der Waals surface area contributed by atoms with Gasteiger partial charge in [-0.25, -0.2) is 0 Å². The molecule has 2 heteroatoms. The lowest BCUT2D eigenvalue weighted by Crippen LogP contribution is -2.35. The first-order valence-electron chi connectivity index (χ1n) is 7.20. The standard InChI is InChI=1S/C19H20N2/c1-13-7-8-14(2)18(11-13)19(3,20)17-6-4-5-15-9-10-21-12-16(15)17/h4-12H,20H2,1-3H3. The number of hydrogen-bond acceptors (Lipinski definition) is 2. The Hall–Kier alpha value is -2.19. The van der Waals surface area contributed by atoms with Crippen molar-refractivity contribution in [1.82, 2.24) is 4.98 Å². The third kappa shape index (κ3) is 2.32. The average Bonchev–Trinajstić information content (AvgIpc) is 2.49. The Bertz CT molecular complexity index is 798. The Morgan fingerprint density at radius 2 is 1.81 bits per heavy atom. The normalized spacial score (nSPS) is 14.1. The highest BCUT2D eigenvalue weighted by atomic mass is 14.7. The third-order valence-corrected chi connectivity index (χ3v) is 4.20. The van der Waals surface area contributed by atoms with Crippen molar-refractivity contribution in [2.45, 2.75) is 26.3 Å². The van der Waals surface area contributed by atoms with E-state index >= 15 is 0 Å². The highest BCUT2D eigenvalue weighted by molar-refractivity contribution is 5.86. The molecule has 0 spiro atoms. The van der Waals surface area contributed by atoms with Gasteiger partial charge in [0.15, 0.2) is 0 Å². The molecule has 0 saturated carbocycles. The number of aromatic nitrogens is 1. The second kappa shape index (κ2) is 4.97. The Morgan fingerprint density at radius 3 is 2.62 bits per heavy atom. The van der Waals surface area contributed by atoms with Gasteiger partial charge in [-0.05, 0) is 48.9 Å². The van der Waals surface area contributed by atoms with Gasteiger partial charge >= 0.3 is 0 Å². The number of benzene rings is 2. The molecule has 0 aliphatic heterocycles. The molecule has 2 nitrogen and oxygen atoms in total. The van der Waals surface area contributed by atoms with Crippen molar-refractivity contribution in [2.75, 3.05) is 0 Å². The van der Waals surface area contributed by atoms with Crippen LogP contribution in [0.1, 0.15) is 29.2 Å². The van der Waals surface area contributed by atoms with Gasteiger partial charge in [-0.2, -0.15) is 0 Å². The van der Waals surface area contributed by atoms with Gasteiger partial charge in [-0.1, -0.05) is 42.0 Å². The molecule has 0 saturated heterocycles. The highest BCUT2D eigenvalue weighted by Crippen LogP contribution is 2.33. The van der Waals surface area contributed by atoms with Crippen LogP contribution in [-0.4, -0.2) is 4.98 Å². The number of nitrogens with two attached hydrogens (primary N) is 1. The first-order valence-corrected chi connectivity index (χ1v) is 7.20. The van der Waals surface area contributed by atoms with E-state index in [4.69, 9.17) is 5.73 Å². The number of pyridine rings is 1. The van der Waals surface area contributed by atoms with Gasteiger partial charge in [0.1, 0.15) is 0 Å². The zero-order valence-electron chi connectivity index (χ0n) is 12.7. The zero-order chi connectivity index (χ0) is 15.0. The van der Waals surface area contributed by atoms with Gasteiger partial charge in [0.2, 0.25) is 0 Å². The summed E-state index contributed by atoms with van der Waals surface area (Å²) < 4.78 is 0. The molecule has 1 atom stereocenters. The monoisotopic (exact) mass is 276 g/mol. The fourth-order valence-corrected chi connectivity index (χ4v) is 3.01. The molecule has 106 valence electrons. The topological polar surface area (TPSA) is 38.9 Å². The van der Waals surface area contributed by atoms with E-state index in [9.17, 15) is 0 Å². The molecule has 0 radical (unpaired) electrons. The quantitative estimate of drug-likeness (QED) is 0.766. The van der Waals surface area contributed by atoms with Crippen LogP contribution in [0.5, 0.6) is 0 Å². The Labute approximate surface area is 125 Å². The number of nitrogens with zero attached hydrogens (tertiary/aromatic N) is 1. The van der Waals surface area contributed by atoms with E-state index in [2.05, 4.69) is 62.2 Å². The van der Waals surface area contributed by atoms with Crippen molar-refractivity contribution in [1.29, 1.82) is 0 Å². The Balaban J connectivity index is 2.27.